The van der Waals surface area contributed by atoms with Crippen LogP contribution in [0.4, 0.5) is 0 Å². The topological polar surface area (TPSA) is 26.0 Å². The lowest BCUT2D eigenvalue weighted by Gasteiger charge is -2.58. The van der Waals surface area contributed by atoms with Crippen LogP contribution in [0.3, 0.4) is 0 Å². The van der Waals surface area contributed by atoms with Crippen LogP contribution in [0, 0.1) is 52.3 Å². The highest BCUT2D eigenvalue weighted by Crippen LogP contribution is 2.67. The normalized spacial score (nSPS) is 45.3. The van der Waals surface area contributed by atoms with Gasteiger partial charge in [0.05, 0.1) is 0 Å². The van der Waals surface area contributed by atoms with Crippen molar-refractivity contribution in [3.05, 3.63) is 11.6 Å². The summed E-state index contributed by atoms with van der Waals surface area (Å²) in [7, 11) is 0. The summed E-state index contributed by atoms with van der Waals surface area (Å²) in [5.74, 6) is 6.49. The molecule has 3 saturated carbocycles. The van der Waals surface area contributed by atoms with E-state index >= 15 is 0 Å². The van der Waals surface area contributed by atoms with Crippen LogP contribution >= 0.6 is 0 Å². The van der Waals surface area contributed by atoms with E-state index in [2.05, 4.69) is 47.6 Å². The van der Waals surface area contributed by atoms with Gasteiger partial charge in [0.15, 0.2) is 0 Å². The lowest BCUT2D eigenvalue weighted by Crippen LogP contribution is -2.51. The highest BCUT2D eigenvalue weighted by Gasteiger charge is 2.58. The van der Waals surface area contributed by atoms with Crippen molar-refractivity contribution in [2.75, 3.05) is 0 Å². The highest BCUT2D eigenvalue weighted by molar-refractivity contribution is 5.25. The minimum Gasteiger partial charge on any atom is -0.327 e. The van der Waals surface area contributed by atoms with Crippen LogP contribution < -0.4 is 5.73 Å². The van der Waals surface area contributed by atoms with Crippen LogP contribution in [0.5, 0.6) is 0 Å². The van der Waals surface area contributed by atoms with Gasteiger partial charge in [0.2, 0.25) is 0 Å². The Balaban J connectivity index is 1.47. The molecule has 7 unspecified atom stereocenters. The fourth-order valence-electron chi connectivity index (χ4n) is 9.35. The third-order valence-corrected chi connectivity index (χ3v) is 11.4. The molecular formula is C29H51N. The summed E-state index contributed by atoms with van der Waals surface area (Å²) in [6.45, 7) is 15.2. The smallest absolute Gasteiger partial charge is 0.00766 e. The summed E-state index contributed by atoms with van der Waals surface area (Å²) in [6, 6.07) is 0.421. The molecule has 0 aliphatic heterocycles. The van der Waals surface area contributed by atoms with Crippen LogP contribution in [0.15, 0.2) is 11.6 Å². The Labute approximate surface area is 188 Å². The third kappa shape index (κ3) is 3.74. The van der Waals surface area contributed by atoms with Crippen LogP contribution in [0.2, 0.25) is 0 Å². The summed E-state index contributed by atoms with van der Waals surface area (Å²) < 4.78 is 0. The van der Waals surface area contributed by atoms with E-state index in [4.69, 9.17) is 5.73 Å². The molecule has 4 aliphatic carbocycles. The van der Waals surface area contributed by atoms with Gasteiger partial charge in [-0.15, -0.1) is 0 Å². The second-order valence-electron chi connectivity index (χ2n) is 13.0. The van der Waals surface area contributed by atoms with Gasteiger partial charge in [-0.1, -0.05) is 66.0 Å². The van der Waals surface area contributed by atoms with Gasteiger partial charge in [-0.2, -0.15) is 0 Å². The first-order valence-corrected chi connectivity index (χ1v) is 13.7. The van der Waals surface area contributed by atoms with Gasteiger partial charge in [-0.25, -0.2) is 0 Å². The van der Waals surface area contributed by atoms with E-state index in [0.717, 1.165) is 41.4 Å². The Morgan fingerprint density at radius 1 is 1.00 bits per heavy atom. The van der Waals surface area contributed by atoms with Crippen molar-refractivity contribution in [3.63, 3.8) is 0 Å². The number of rotatable bonds is 6. The van der Waals surface area contributed by atoms with E-state index < -0.39 is 0 Å². The minimum atomic E-state index is 0.421. The lowest BCUT2D eigenvalue weighted by atomic mass is 9.47. The van der Waals surface area contributed by atoms with Gasteiger partial charge in [0.1, 0.15) is 0 Å². The maximum atomic E-state index is 6.36. The van der Waals surface area contributed by atoms with Crippen LogP contribution in [0.1, 0.15) is 112 Å². The van der Waals surface area contributed by atoms with E-state index in [0.29, 0.717) is 16.9 Å². The van der Waals surface area contributed by atoms with Crippen molar-refractivity contribution in [3.8, 4) is 0 Å². The van der Waals surface area contributed by atoms with Crippen molar-refractivity contribution < 1.29 is 0 Å². The highest BCUT2D eigenvalue weighted by atomic mass is 14.7. The van der Waals surface area contributed by atoms with Crippen LogP contribution in [0.25, 0.3) is 0 Å². The maximum absolute atomic E-state index is 6.36. The Hall–Kier alpha value is -0.300. The van der Waals surface area contributed by atoms with E-state index in [-0.39, 0.29) is 0 Å². The first kappa shape index (κ1) is 22.9. The van der Waals surface area contributed by atoms with Gasteiger partial charge in [0, 0.05) is 6.04 Å². The second kappa shape index (κ2) is 8.57. The van der Waals surface area contributed by atoms with Crippen LogP contribution in [-0.2, 0) is 0 Å². The molecule has 3 fully saturated rings. The Morgan fingerprint density at radius 3 is 2.47 bits per heavy atom. The molecule has 4 rings (SSSR count). The molecule has 2 N–H and O–H groups in total. The Morgan fingerprint density at radius 2 is 1.77 bits per heavy atom. The molecule has 30 heavy (non-hydrogen) atoms. The van der Waals surface area contributed by atoms with Gasteiger partial charge >= 0.3 is 0 Å². The van der Waals surface area contributed by atoms with Gasteiger partial charge in [0.25, 0.3) is 0 Å². The average Bonchev–Trinajstić information content (AvgIpc) is 3.06. The molecule has 0 heterocycles. The van der Waals surface area contributed by atoms with E-state index in [1.165, 1.54) is 70.6 Å². The summed E-state index contributed by atoms with van der Waals surface area (Å²) >= 11 is 0. The molecule has 0 aromatic heterocycles. The maximum Gasteiger partial charge on any atom is 0.00766 e. The standard InChI is InChI=1S/C29H51N/c1-7-21(19(2)3)9-8-20(4)25-12-13-26-24-11-10-22-18-23(30)14-16-28(22,5)27(24)15-17-29(25,26)6/h10,19-21,23-27H,7-9,11-18,30H2,1-6H3/t20-,21-,23?,24?,25?,26?,27?,28?,29?/m1/s1. The molecule has 1 nitrogen and oxygen atoms in total. The first-order chi connectivity index (χ1) is 14.2. The molecule has 0 radical (unpaired) electrons. The van der Waals surface area contributed by atoms with Gasteiger partial charge < -0.3 is 5.73 Å². The fraction of sp³-hybridized carbons (Fsp3) is 0.931. The lowest BCUT2D eigenvalue weighted by molar-refractivity contribution is -0.0511. The molecule has 0 amide bonds. The van der Waals surface area contributed by atoms with Crippen molar-refractivity contribution in [2.24, 2.45) is 58.0 Å². The number of hydrogen-bond donors (Lipinski definition) is 1. The number of allylic oxidation sites excluding steroid dienone is 1. The Bertz CT molecular complexity index is 634. The number of fused-ring (bicyclic) bond motifs is 5. The summed E-state index contributed by atoms with van der Waals surface area (Å²) in [4.78, 5) is 0. The van der Waals surface area contributed by atoms with E-state index in [9.17, 15) is 0 Å². The average molecular weight is 414 g/mol. The largest absolute Gasteiger partial charge is 0.327 e. The fourth-order valence-corrected chi connectivity index (χ4v) is 9.35. The third-order valence-electron chi connectivity index (χ3n) is 11.4. The predicted octanol–water partition coefficient (Wildman–Crippen LogP) is 7.99. The summed E-state index contributed by atoms with van der Waals surface area (Å²) in [5.41, 5.74) is 9.18. The van der Waals surface area contributed by atoms with Crippen molar-refractivity contribution in [1.29, 1.82) is 0 Å². The van der Waals surface area contributed by atoms with Crippen LogP contribution in [-0.4, -0.2) is 6.04 Å². The zero-order chi connectivity index (χ0) is 21.7. The molecule has 0 bridgehead atoms. The van der Waals surface area contributed by atoms with Gasteiger partial charge in [-0.3, -0.25) is 0 Å². The molecule has 0 saturated heterocycles. The molecule has 4 aliphatic rings. The number of hydrogen-bond acceptors (Lipinski definition) is 1. The monoisotopic (exact) mass is 413 g/mol. The molecule has 0 aromatic rings. The molecule has 0 aromatic carbocycles. The minimum absolute atomic E-state index is 0.421. The second-order valence-corrected chi connectivity index (χ2v) is 13.0. The molecule has 9 atom stereocenters. The summed E-state index contributed by atoms with van der Waals surface area (Å²) in [5, 5.41) is 0. The Kier molecular flexibility index (Phi) is 6.53. The van der Waals surface area contributed by atoms with Crippen molar-refractivity contribution in [1.82, 2.24) is 0 Å². The molecule has 0 spiro atoms. The molecule has 1 heteroatoms. The van der Waals surface area contributed by atoms with E-state index in [1.807, 2.05) is 0 Å². The zero-order valence-electron chi connectivity index (χ0n) is 21.1. The van der Waals surface area contributed by atoms with Crippen molar-refractivity contribution >= 4 is 0 Å². The molecule has 172 valence electrons. The first-order valence-electron chi connectivity index (χ1n) is 13.7. The quantitative estimate of drug-likeness (QED) is 0.439. The van der Waals surface area contributed by atoms with E-state index in [1.54, 1.807) is 5.57 Å². The van der Waals surface area contributed by atoms with Crippen molar-refractivity contribution in [2.45, 2.75) is 118 Å². The predicted molar refractivity (Wildman–Crippen MR) is 130 cm³/mol. The SMILES string of the molecule is CC[C@H](CC[C@@H](C)C1CCC2C3CC=C4CC(N)CCC4(C)C3CCC21C)C(C)C. The van der Waals surface area contributed by atoms with Gasteiger partial charge in [-0.05, 0) is 110 Å². The summed E-state index contributed by atoms with van der Waals surface area (Å²) in [6.07, 6.45) is 18.0. The zero-order valence-corrected chi connectivity index (χ0v) is 21.1. The molecular weight excluding hydrogens is 362 g/mol. The number of nitrogens with two attached hydrogens (primary N) is 1.